The topological polar surface area (TPSA) is 92.3 Å². The SMILES string of the molecule is CCCCN(CCCC)S(=O)(=O)c1ccc(C(=O)N(CCCN2CCOCC2)c2nc3ccc(OC)cc3s2)cc1.Cl. The predicted molar refractivity (Wildman–Crippen MR) is 172 cm³/mol. The lowest BCUT2D eigenvalue weighted by Crippen LogP contribution is -2.39. The van der Waals surface area contributed by atoms with Crippen LogP contribution in [0.25, 0.3) is 10.2 Å². The molecule has 12 heteroatoms. The molecule has 2 aromatic carbocycles. The lowest BCUT2D eigenvalue weighted by Gasteiger charge is -2.27. The second-order valence-electron chi connectivity index (χ2n) is 10.2. The van der Waals surface area contributed by atoms with Gasteiger partial charge < -0.3 is 9.47 Å². The average Bonchev–Trinajstić information content (AvgIpc) is 3.42. The van der Waals surface area contributed by atoms with Gasteiger partial charge in [-0.2, -0.15) is 4.31 Å². The molecule has 1 aliphatic heterocycles. The summed E-state index contributed by atoms with van der Waals surface area (Å²) in [5.74, 6) is 0.539. The Kier molecular flexibility index (Phi) is 13.5. The highest BCUT2D eigenvalue weighted by Gasteiger charge is 2.26. The standard InChI is InChI=1S/C30H42N4O5S2.ClH/c1-4-6-16-33(17-7-5-2)41(36,37)26-12-9-24(10-13-26)29(35)34(18-8-15-32-19-21-39-22-20-32)30-31-27-14-11-25(38-3)23-28(27)40-30;/h9-14,23H,4-8,15-22H2,1-3H3;1H. The Bertz CT molecular complexity index is 1370. The van der Waals surface area contributed by atoms with E-state index < -0.39 is 10.0 Å². The second-order valence-corrected chi connectivity index (χ2v) is 13.2. The smallest absolute Gasteiger partial charge is 0.260 e. The molecule has 1 aromatic heterocycles. The van der Waals surface area contributed by atoms with Gasteiger partial charge in [0.05, 0.1) is 35.4 Å². The first-order valence-electron chi connectivity index (χ1n) is 14.5. The van der Waals surface area contributed by atoms with Crippen molar-refractivity contribution in [2.24, 2.45) is 0 Å². The molecule has 1 fully saturated rings. The van der Waals surface area contributed by atoms with Gasteiger partial charge in [0.15, 0.2) is 5.13 Å². The summed E-state index contributed by atoms with van der Waals surface area (Å²) in [5.41, 5.74) is 1.23. The summed E-state index contributed by atoms with van der Waals surface area (Å²) in [5, 5.41) is 0.613. The van der Waals surface area contributed by atoms with Crippen LogP contribution in [0.1, 0.15) is 56.3 Å². The molecular formula is C30H43ClN4O5S2. The van der Waals surface area contributed by atoms with E-state index in [1.165, 1.54) is 11.3 Å². The number of carbonyl (C=O) groups is 1. The second kappa shape index (κ2) is 16.5. The molecule has 1 saturated heterocycles. The van der Waals surface area contributed by atoms with Gasteiger partial charge in [-0.05, 0) is 61.7 Å². The number of benzene rings is 2. The van der Waals surface area contributed by atoms with Crippen LogP contribution in [0.4, 0.5) is 5.13 Å². The summed E-state index contributed by atoms with van der Waals surface area (Å²) in [6.07, 6.45) is 4.25. The molecule has 0 radical (unpaired) electrons. The fourth-order valence-corrected chi connectivity index (χ4v) is 7.33. The highest BCUT2D eigenvalue weighted by atomic mass is 35.5. The molecule has 0 bridgehead atoms. The maximum Gasteiger partial charge on any atom is 0.260 e. The first kappa shape index (κ1) is 34.2. The third-order valence-electron chi connectivity index (χ3n) is 7.28. The van der Waals surface area contributed by atoms with E-state index in [0.717, 1.165) is 80.9 Å². The van der Waals surface area contributed by atoms with E-state index in [-0.39, 0.29) is 23.2 Å². The zero-order valence-electron chi connectivity index (χ0n) is 24.8. The highest BCUT2D eigenvalue weighted by molar-refractivity contribution is 7.89. The van der Waals surface area contributed by atoms with Crippen molar-refractivity contribution < 1.29 is 22.7 Å². The molecule has 0 atom stereocenters. The number of thiazole rings is 1. The normalized spacial score (nSPS) is 14.2. The van der Waals surface area contributed by atoms with Crippen molar-refractivity contribution >= 4 is 55.0 Å². The van der Waals surface area contributed by atoms with Crippen molar-refractivity contribution in [1.29, 1.82) is 0 Å². The quantitative estimate of drug-likeness (QED) is 0.211. The van der Waals surface area contributed by atoms with Crippen molar-refractivity contribution in [3.8, 4) is 5.75 Å². The average molecular weight is 639 g/mol. The zero-order chi connectivity index (χ0) is 29.2. The number of hydrogen-bond donors (Lipinski definition) is 0. The largest absolute Gasteiger partial charge is 0.497 e. The number of halogens is 1. The van der Waals surface area contributed by atoms with E-state index in [4.69, 9.17) is 14.5 Å². The number of anilines is 1. The van der Waals surface area contributed by atoms with Gasteiger partial charge in [0, 0.05) is 44.8 Å². The number of hydrogen-bond acceptors (Lipinski definition) is 8. The number of rotatable bonds is 15. The fraction of sp³-hybridized carbons (Fsp3) is 0.533. The number of carbonyl (C=O) groups excluding carboxylic acids is 1. The summed E-state index contributed by atoms with van der Waals surface area (Å²) in [6, 6.07) is 12.0. The third-order valence-corrected chi connectivity index (χ3v) is 10.2. The molecule has 4 rings (SSSR count). The summed E-state index contributed by atoms with van der Waals surface area (Å²) in [7, 11) is -2.01. The maximum atomic E-state index is 13.9. The number of ether oxygens (including phenoxy) is 2. The maximum absolute atomic E-state index is 13.9. The fourth-order valence-electron chi connectivity index (χ4n) is 4.79. The van der Waals surface area contributed by atoms with Crippen molar-refractivity contribution in [1.82, 2.24) is 14.2 Å². The Hall–Kier alpha value is -2.28. The lowest BCUT2D eigenvalue weighted by atomic mass is 10.2. The Morgan fingerprint density at radius 3 is 2.29 bits per heavy atom. The van der Waals surface area contributed by atoms with E-state index in [1.807, 2.05) is 18.2 Å². The molecule has 1 aliphatic rings. The number of amides is 1. The minimum absolute atomic E-state index is 0. The molecule has 0 N–H and O–H groups in total. The highest BCUT2D eigenvalue weighted by Crippen LogP contribution is 2.32. The molecule has 0 aliphatic carbocycles. The number of nitrogens with zero attached hydrogens (tertiary/aromatic N) is 4. The number of aromatic nitrogens is 1. The van der Waals surface area contributed by atoms with Gasteiger partial charge in [-0.15, -0.1) is 12.4 Å². The van der Waals surface area contributed by atoms with Crippen LogP contribution in [0, 0.1) is 0 Å². The van der Waals surface area contributed by atoms with Crippen molar-refractivity contribution in [3.63, 3.8) is 0 Å². The van der Waals surface area contributed by atoms with Crippen LogP contribution in [-0.4, -0.2) is 88.1 Å². The van der Waals surface area contributed by atoms with Crippen LogP contribution in [0.5, 0.6) is 5.75 Å². The van der Waals surface area contributed by atoms with Crippen molar-refractivity contribution in [3.05, 3.63) is 48.0 Å². The number of sulfonamides is 1. The molecule has 1 amide bonds. The van der Waals surface area contributed by atoms with Crippen LogP contribution in [0.15, 0.2) is 47.4 Å². The molecule has 2 heterocycles. The molecule has 0 spiro atoms. The van der Waals surface area contributed by atoms with E-state index in [9.17, 15) is 13.2 Å². The van der Waals surface area contributed by atoms with E-state index in [1.54, 1.807) is 40.6 Å². The summed E-state index contributed by atoms with van der Waals surface area (Å²) < 4.78 is 40.2. The minimum atomic E-state index is -3.64. The Morgan fingerprint density at radius 1 is 1.00 bits per heavy atom. The van der Waals surface area contributed by atoms with Crippen LogP contribution in [0.3, 0.4) is 0 Å². The Morgan fingerprint density at radius 2 is 1.67 bits per heavy atom. The molecule has 9 nitrogen and oxygen atoms in total. The van der Waals surface area contributed by atoms with Gasteiger partial charge in [0.1, 0.15) is 5.75 Å². The number of morpholine rings is 1. The number of methoxy groups -OCH3 is 1. The molecule has 0 unspecified atom stereocenters. The van der Waals surface area contributed by atoms with Crippen LogP contribution < -0.4 is 9.64 Å². The molecule has 42 heavy (non-hydrogen) atoms. The van der Waals surface area contributed by atoms with Crippen molar-refractivity contribution in [2.45, 2.75) is 50.8 Å². The minimum Gasteiger partial charge on any atom is -0.497 e. The first-order valence-corrected chi connectivity index (χ1v) is 16.8. The van der Waals surface area contributed by atoms with Gasteiger partial charge in [0.2, 0.25) is 10.0 Å². The predicted octanol–water partition coefficient (Wildman–Crippen LogP) is 5.69. The first-order chi connectivity index (χ1) is 19.9. The van der Waals surface area contributed by atoms with E-state index in [0.29, 0.717) is 30.3 Å². The number of unbranched alkanes of at least 4 members (excludes halogenated alkanes) is 2. The summed E-state index contributed by atoms with van der Waals surface area (Å²) in [4.78, 5) is 22.9. The van der Waals surface area contributed by atoms with Crippen LogP contribution >= 0.6 is 23.7 Å². The molecule has 232 valence electrons. The number of fused-ring (bicyclic) bond motifs is 1. The van der Waals surface area contributed by atoms with Crippen LogP contribution in [-0.2, 0) is 14.8 Å². The van der Waals surface area contributed by atoms with E-state index >= 15 is 0 Å². The molecule has 0 saturated carbocycles. The Labute approximate surface area is 260 Å². The third kappa shape index (κ3) is 8.64. The van der Waals surface area contributed by atoms with Gasteiger partial charge in [-0.3, -0.25) is 14.6 Å². The zero-order valence-corrected chi connectivity index (χ0v) is 27.2. The summed E-state index contributed by atoms with van der Waals surface area (Å²) in [6.45, 7) is 9.69. The van der Waals surface area contributed by atoms with E-state index in [2.05, 4.69) is 18.7 Å². The Balaban J connectivity index is 0.00000484. The lowest BCUT2D eigenvalue weighted by molar-refractivity contribution is 0.0376. The van der Waals surface area contributed by atoms with Crippen molar-refractivity contribution in [2.75, 3.05) is 64.5 Å². The molecular weight excluding hydrogens is 596 g/mol. The van der Waals surface area contributed by atoms with Crippen LogP contribution in [0.2, 0.25) is 0 Å². The van der Waals surface area contributed by atoms with Gasteiger partial charge >= 0.3 is 0 Å². The van der Waals surface area contributed by atoms with Gasteiger partial charge in [-0.25, -0.2) is 13.4 Å². The summed E-state index contributed by atoms with van der Waals surface area (Å²) >= 11 is 1.45. The molecule has 3 aromatic rings. The monoisotopic (exact) mass is 638 g/mol. The van der Waals surface area contributed by atoms with Gasteiger partial charge in [0.25, 0.3) is 5.91 Å². The van der Waals surface area contributed by atoms with Gasteiger partial charge in [-0.1, -0.05) is 38.0 Å².